The van der Waals surface area contributed by atoms with Crippen LogP contribution >= 0.6 is 11.6 Å². The van der Waals surface area contributed by atoms with Crippen molar-refractivity contribution in [3.8, 4) is 5.88 Å². The molecule has 1 aliphatic carbocycles. The lowest BCUT2D eigenvalue weighted by Crippen LogP contribution is -2.28. The van der Waals surface area contributed by atoms with E-state index in [-0.39, 0.29) is 0 Å². The Balaban J connectivity index is 1.98. The molecule has 2 unspecified atom stereocenters. The minimum Gasteiger partial charge on any atom is -0.474 e. The normalized spacial score (nSPS) is 22.8. The van der Waals surface area contributed by atoms with E-state index in [9.17, 15) is 0 Å². The van der Waals surface area contributed by atoms with E-state index in [4.69, 9.17) is 16.3 Å². The standard InChI is InChI=1S/C16H25ClN2O/c1-3-8-18-10-13-9-16(19-11-14(13)17)20-15-7-5-4-6-12(15)2/h9,11-12,15,18H,3-8,10H2,1-2H3. The molecule has 2 atom stereocenters. The average Bonchev–Trinajstić information content (AvgIpc) is 2.45. The van der Waals surface area contributed by atoms with Crippen LogP contribution in [0.1, 0.15) is 51.5 Å². The zero-order valence-electron chi connectivity index (χ0n) is 12.5. The highest BCUT2D eigenvalue weighted by Crippen LogP contribution is 2.28. The average molecular weight is 297 g/mol. The van der Waals surface area contributed by atoms with Gasteiger partial charge in [-0.15, -0.1) is 0 Å². The van der Waals surface area contributed by atoms with Gasteiger partial charge in [-0.1, -0.05) is 31.9 Å². The van der Waals surface area contributed by atoms with Gasteiger partial charge in [-0.05, 0) is 43.7 Å². The highest BCUT2D eigenvalue weighted by molar-refractivity contribution is 6.31. The van der Waals surface area contributed by atoms with Crippen LogP contribution in [0.25, 0.3) is 0 Å². The van der Waals surface area contributed by atoms with Gasteiger partial charge in [0.25, 0.3) is 0 Å². The third-order valence-corrected chi connectivity index (χ3v) is 4.30. The van der Waals surface area contributed by atoms with Crippen molar-refractivity contribution in [2.24, 2.45) is 5.92 Å². The highest BCUT2D eigenvalue weighted by Gasteiger charge is 2.23. The summed E-state index contributed by atoms with van der Waals surface area (Å²) in [6, 6.07) is 1.98. The number of halogens is 1. The van der Waals surface area contributed by atoms with E-state index < -0.39 is 0 Å². The minimum absolute atomic E-state index is 0.300. The van der Waals surface area contributed by atoms with Gasteiger partial charge >= 0.3 is 0 Å². The molecule has 0 bridgehead atoms. The van der Waals surface area contributed by atoms with Crippen molar-refractivity contribution in [1.82, 2.24) is 10.3 Å². The molecular formula is C16H25ClN2O. The lowest BCUT2D eigenvalue weighted by molar-refractivity contribution is 0.0975. The summed E-state index contributed by atoms with van der Waals surface area (Å²) < 4.78 is 6.07. The fourth-order valence-electron chi connectivity index (χ4n) is 2.67. The number of rotatable bonds is 6. The zero-order valence-corrected chi connectivity index (χ0v) is 13.2. The maximum atomic E-state index is 6.19. The first-order valence-electron chi connectivity index (χ1n) is 7.72. The SMILES string of the molecule is CCCNCc1cc(OC2CCCCC2C)ncc1Cl. The summed E-state index contributed by atoms with van der Waals surface area (Å²) in [6.07, 6.45) is 8.08. The summed E-state index contributed by atoms with van der Waals surface area (Å²) in [5.74, 6) is 1.32. The maximum absolute atomic E-state index is 6.19. The molecular weight excluding hydrogens is 272 g/mol. The minimum atomic E-state index is 0.300. The number of aromatic nitrogens is 1. The fourth-order valence-corrected chi connectivity index (χ4v) is 2.84. The van der Waals surface area contributed by atoms with E-state index in [2.05, 4.69) is 24.1 Å². The molecule has 1 aromatic heterocycles. The van der Waals surface area contributed by atoms with Gasteiger partial charge < -0.3 is 10.1 Å². The van der Waals surface area contributed by atoms with Gasteiger partial charge in [0.05, 0.1) is 5.02 Å². The van der Waals surface area contributed by atoms with Crippen molar-refractivity contribution in [3.63, 3.8) is 0 Å². The van der Waals surface area contributed by atoms with Crippen molar-refractivity contribution >= 4 is 11.6 Å². The first-order chi connectivity index (χ1) is 9.70. The number of ether oxygens (including phenoxy) is 1. The lowest BCUT2D eigenvalue weighted by atomic mass is 9.88. The van der Waals surface area contributed by atoms with E-state index in [0.717, 1.165) is 31.5 Å². The number of nitrogens with one attached hydrogen (secondary N) is 1. The summed E-state index contributed by atoms with van der Waals surface area (Å²) in [5.41, 5.74) is 1.06. The van der Waals surface area contributed by atoms with Crippen molar-refractivity contribution < 1.29 is 4.74 Å². The second-order valence-electron chi connectivity index (χ2n) is 5.71. The maximum Gasteiger partial charge on any atom is 0.213 e. The van der Waals surface area contributed by atoms with Crippen molar-refractivity contribution in [2.45, 2.75) is 58.6 Å². The topological polar surface area (TPSA) is 34.1 Å². The number of hydrogen-bond acceptors (Lipinski definition) is 3. The molecule has 0 aromatic carbocycles. The van der Waals surface area contributed by atoms with Crippen molar-refractivity contribution in [3.05, 3.63) is 22.8 Å². The molecule has 1 heterocycles. The highest BCUT2D eigenvalue weighted by atomic mass is 35.5. The summed E-state index contributed by atoms with van der Waals surface area (Å²) in [5, 5.41) is 4.07. The molecule has 1 N–H and O–H groups in total. The predicted molar refractivity (Wildman–Crippen MR) is 83.3 cm³/mol. The van der Waals surface area contributed by atoms with Gasteiger partial charge in [0.2, 0.25) is 5.88 Å². The Morgan fingerprint density at radius 3 is 2.95 bits per heavy atom. The van der Waals surface area contributed by atoms with Gasteiger partial charge in [0, 0.05) is 18.8 Å². The van der Waals surface area contributed by atoms with E-state index >= 15 is 0 Å². The van der Waals surface area contributed by atoms with Crippen LogP contribution in [0.3, 0.4) is 0 Å². The molecule has 0 saturated heterocycles. The Bertz CT molecular complexity index is 425. The summed E-state index contributed by atoms with van der Waals surface area (Å²) in [7, 11) is 0. The Morgan fingerprint density at radius 1 is 1.40 bits per heavy atom. The molecule has 2 rings (SSSR count). The molecule has 1 fully saturated rings. The number of hydrogen-bond donors (Lipinski definition) is 1. The van der Waals surface area contributed by atoms with E-state index in [1.54, 1.807) is 6.20 Å². The van der Waals surface area contributed by atoms with Gasteiger partial charge in [0.15, 0.2) is 0 Å². The summed E-state index contributed by atoms with van der Waals surface area (Å²) >= 11 is 6.19. The van der Waals surface area contributed by atoms with E-state index in [1.807, 2.05) is 6.07 Å². The molecule has 0 spiro atoms. The van der Waals surface area contributed by atoms with Crippen LogP contribution in [0.4, 0.5) is 0 Å². The van der Waals surface area contributed by atoms with Gasteiger partial charge in [-0.3, -0.25) is 0 Å². The Hall–Kier alpha value is -0.800. The summed E-state index contributed by atoms with van der Waals surface area (Å²) in [4.78, 5) is 4.31. The zero-order chi connectivity index (χ0) is 14.4. The fraction of sp³-hybridized carbons (Fsp3) is 0.688. The molecule has 1 saturated carbocycles. The Labute approximate surface area is 127 Å². The predicted octanol–water partition coefficient (Wildman–Crippen LogP) is 4.19. The monoisotopic (exact) mass is 296 g/mol. The molecule has 20 heavy (non-hydrogen) atoms. The number of nitrogens with zero attached hydrogens (tertiary/aromatic N) is 1. The van der Waals surface area contributed by atoms with Crippen LogP contribution in [0, 0.1) is 5.92 Å². The third kappa shape index (κ3) is 4.35. The van der Waals surface area contributed by atoms with Crippen LogP contribution in [-0.4, -0.2) is 17.6 Å². The number of pyridine rings is 1. The van der Waals surface area contributed by atoms with Gasteiger partial charge in [-0.25, -0.2) is 4.98 Å². The van der Waals surface area contributed by atoms with Crippen LogP contribution in [0.5, 0.6) is 5.88 Å². The quantitative estimate of drug-likeness (QED) is 0.799. The van der Waals surface area contributed by atoms with E-state index in [1.165, 1.54) is 19.3 Å². The first kappa shape index (κ1) is 15.6. The van der Waals surface area contributed by atoms with E-state index in [0.29, 0.717) is 22.9 Å². The third-order valence-electron chi connectivity index (χ3n) is 3.96. The largest absolute Gasteiger partial charge is 0.474 e. The Kier molecular flexibility index (Phi) is 6.11. The second-order valence-corrected chi connectivity index (χ2v) is 6.12. The van der Waals surface area contributed by atoms with Gasteiger partial charge in [0.1, 0.15) is 6.10 Å². The molecule has 0 aliphatic heterocycles. The van der Waals surface area contributed by atoms with Crippen LogP contribution < -0.4 is 10.1 Å². The smallest absolute Gasteiger partial charge is 0.213 e. The van der Waals surface area contributed by atoms with Crippen LogP contribution in [0.15, 0.2) is 12.3 Å². The lowest BCUT2D eigenvalue weighted by Gasteiger charge is -2.28. The molecule has 4 heteroatoms. The van der Waals surface area contributed by atoms with Crippen molar-refractivity contribution in [2.75, 3.05) is 6.54 Å². The van der Waals surface area contributed by atoms with Crippen LogP contribution in [-0.2, 0) is 6.54 Å². The molecule has 0 radical (unpaired) electrons. The molecule has 112 valence electrons. The van der Waals surface area contributed by atoms with Crippen LogP contribution in [0.2, 0.25) is 5.02 Å². The van der Waals surface area contributed by atoms with Crippen molar-refractivity contribution in [1.29, 1.82) is 0 Å². The molecule has 1 aromatic rings. The molecule has 0 amide bonds. The summed E-state index contributed by atoms with van der Waals surface area (Å²) in [6.45, 7) is 6.18. The molecule has 1 aliphatic rings. The second kappa shape index (κ2) is 7.84. The molecule has 3 nitrogen and oxygen atoms in total. The van der Waals surface area contributed by atoms with Gasteiger partial charge in [-0.2, -0.15) is 0 Å². The first-order valence-corrected chi connectivity index (χ1v) is 8.10. The Morgan fingerprint density at radius 2 is 2.20 bits per heavy atom.